The zero-order chi connectivity index (χ0) is 18.4. The molecular formula is C17H26ClN5O2. The number of aromatic nitrogens is 1. The summed E-state index contributed by atoms with van der Waals surface area (Å²) in [4.78, 5) is 24.2. The molecule has 2 N–H and O–H groups in total. The third-order valence-corrected chi connectivity index (χ3v) is 3.94. The Bertz CT molecular complexity index is 604. The number of halogens is 1. The van der Waals surface area contributed by atoms with Crippen LogP contribution in [0.25, 0.3) is 0 Å². The van der Waals surface area contributed by atoms with Crippen molar-refractivity contribution >= 4 is 23.7 Å². The molecule has 1 saturated heterocycles. The fraction of sp³-hybridized carbons (Fsp3) is 0.588. The zero-order valence-electron chi connectivity index (χ0n) is 15.0. The van der Waals surface area contributed by atoms with E-state index in [1.807, 2.05) is 31.7 Å². The Morgan fingerprint density at radius 3 is 2.48 bits per heavy atom. The lowest BCUT2D eigenvalue weighted by atomic mass is 10.2. The van der Waals surface area contributed by atoms with Gasteiger partial charge in [0.25, 0.3) is 0 Å². The monoisotopic (exact) mass is 367 g/mol. The number of pyridine rings is 1. The molecule has 0 saturated carbocycles. The zero-order valence-corrected chi connectivity index (χ0v) is 15.8. The van der Waals surface area contributed by atoms with Crippen LogP contribution in [0.1, 0.15) is 26.3 Å². The Hall–Kier alpha value is -2.02. The average molecular weight is 368 g/mol. The third-order valence-electron chi connectivity index (χ3n) is 3.72. The van der Waals surface area contributed by atoms with Crippen LogP contribution in [0.3, 0.4) is 0 Å². The first kappa shape index (κ1) is 19.3. The van der Waals surface area contributed by atoms with E-state index in [4.69, 9.17) is 22.1 Å². The molecule has 2 rings (SSSR count). The van der Waals surface area contributed by atoms with Gasteiger partial charge in [-0.25, -0.2) is 9.78 Å². The highest BCUT2D eigenvalue weighted by molar-refractivity contribution is 6.29. The molecule has 1 aliphatic heterocycles. The van der Waals surface area contributed by atoms with Gasteiger partial charge in [0.1, 0.15) is 10.8 Å². The number of amides is 1. The van der Waals surface area contributed by atoms with Gasteiger partial charge in [-0.15, -0.1) is 0 Å². The number of guanidine groups is 1. The summed E-state index contributed by atoms with van der Waals surface area (Å²) in [5.41, 5.74) is 6.65. The second-order valence-electron chi connectivity index (χ2n) is 6.93. The maximum absolute atomic E-state index is 12.1. The van der Waals surface area contributed by atoms with Gasteiger partial charge in [-0.05, 0) is 38.8 Å². The van der Waals surface area contributed by atoms with E-state index in [1.54, 1.807) is 17.2 Å². The maximum atomic E-state index is 12.1. The Labute approximate surface area is 153 Å². The van der Waals surface area contributed by atoms with E-state index in [0.717, 1.165) is 12.0 Å². The number of carbonyl (C=O) groups is 1. The van der Waals surface area contributed by atoms with Crippen molar-refractivity contribution in [1.29, 1.82) is 0 Å². The highest BCUT2D eigenvalue weighted by atomic mass is 35.5. The van der Waals surface area contributed by atoms with Crippen LogP contribution in [-0.4, -0.2) is 65.2 Å². The van der Waals surface area contributed by atoms with Gasteiger partial charge in [-0.3, -0.25) is 4.99 Å². The number of hydrogen-bond acceptors (Lipinski definition) is 4. The fourth-order valence-corrected chi connectivity index (χ4v) is 2.51. The van der Waals surface area contributed by atoms with Gasteiger partial charge < -0.3 is 20.3 Å². The number of hydrogen-bond donors (Lipinski definition) is 1. The Kier molecular flexibility index (Phi) is 6.47. The Morgan fingerprint density at radius 2 is 1.92 bits per heavy atom. The molecule has 1 amide bonds. The second kappa shape index (κ2) is 8.38. The molecule has 1 fully saturated rings. The predicted molar refractivity (Wildman–Crippen MR) is 98.8 cm³/mol. The lowest BCUT2D eigenvalue weighted by molar-refractivity contribution is 0.0186. The van der Waals surface area contributed by atoms with Crippen molar-refractivity contribution in [3.8, 4) is 0 Å². The molecule has 1 aliphatic rings. The number of ether oxygens (including phenoxy) is 1. The van der Waals surface area contributed by atoms with E-state index < -0.39 is 5.60 Å². The average Bonchev–Trinajstić information content (AvgIpc) is 2.55. The van der Waals surface area contributed by atoms with E-state index in [-0.39, 0.29) is 6.09 Å². The van der Waals surface area contributed by atoms with Crippen LogP contribution in [0.15, 0.2) is 23.3 Å². The van der Waals surface area contributed by atoms with Crippen molar-refractivity contribution in [3.05, 3.63) is 29.0 Å². The number of piperazine rings is 1. The van der Waals surface area contributed by atoms with Crippen LogP contribution in [0.5, 0.6) is 0 Å². The van der Waals surface area contributed by atoms with Crippen LogP contribution in [0.2, 0.25) is 5.15 Å². The maximum Gasteiger partial charge on any atom is 0.410 e. The molecule has 0 unspecified atom stereocenters. The van der Waals surface area contributed by atoms with Crippen LogP contribution < -0.4 is 5.73 Å². The standard InChI is InChI=1S/C17H26ClN5O2/c1-17(2,3)25-16(24)23-10-8-22(9-11-23)15(19)20-7-6-13-4-5-14(18)21-12-13/h4-5,12H,6-11H2,1-3H3,(H2,19,20). The molecule has 0 bridgehead atoms. The summed E-state index contributed by atoms with van der Waals surface area (Å²) < 4.78 is 5.39. The minimum atomic E-state index is -0.481. The van der Waals surface area contributed by atoms with Gasteiger partial charge in [0.2, 0.25) is 0 Å². The van der Waals surface area contributed by atoms with E-state index in [0.29, 0.717) is 43.8 Å². The summed E-state index contributed by atoms with van der Waals surface area (Å²) in [6.07, 6.45) is 2.22. The van der Waals surface area contributed by atoms with Gasteiger partial charge >= 0.3 is 6.09 Å². The number of aliphatic imine (C=N–C) groups is 1. The number of nitrogens with zero attached hydrogens (tertiary/aromatic N) is 4. The van der Waals surface area contributed by atoms with Gasteiger partial charge in [-0.2, -0.15) is 0 Å². The molecule has 0 radical (unpaired) electrons. The molecule has 25 heavy (non-hydrogen) atoms. The highest BCUT2D eigenvalue weighted by Gasteiger charge is 2.26. The van der Waals surface area contributed by atoms with Crippen LogP contribution in [0.4, 0.5) is 4.79 Å². The van der Waals surface area contributed by atoms with Gasteiger partial charge in [0.15, 0.2) is 5.96 Å². The van der Waals surface area contributed by atoms with Crippen LogP contribution in [-0.2, 0) is 11.2 Å². The SMILES string of the molecule is CC(C)(C)OC(=O)N1CCN(C(N)=NCCc2ccc(Cl)nc2)CC1. The summed E-state index contributed by atoms with van der Waals surface area (Å²) >= 11 is 5.76. The molecule has 1 aromatic rings. The predicted octanol–water partition coefficient (Wildman–Crippen LogP) is 2.14. The minimum Gasteiger partial charge on any atom is -0.444 e. The van der Waals surface area contributed by atoms with Crippen molar-refractivity contribution in [2.24, 2.45) is 10.7 Å². The van der Waals surface area contributed by atoms with Crippen molar-refractivity contribution in [1.82, 2.24) is 14.8 Å². The number of nitrogens with two attached hydrogens (primary N) is 1. The summed E-state index contributed by atoms with van der Waals surface area (Å²) in [6, 6.07) is 3.69. The van der Waals surface area contributed by atoms with Crippen molar-refractivity contribution in [3.63, 3.8) is 0 Å². The molecule has 0 spiro atoms. The van der Waals surface area contributed by atoms with Crippen molar-refractivity contribution < 1.29 is 9.53 Å². The van der Waals surface area contributed by atoms with Gasteiger partial charge in [0.05, 0.1) is 0 Å². The molecule has 1 aromatic heterocycles. The third kappa shape index (κ3) is 6.42. The minimum absolute atomic E-state index is 0.280. The highest BCUT2D eigenvalue weighted by Crippen LogP contribution is 2.12. The Balaban J connectivity index is 1.77. The molecule has 138 valence electrons. The first-order valence-corrected chi connectivity index (χ1v) is 8.75. The number of rotatable bonds is 3. The molecule has 0 aliphatic carbocycles. The van der Waals surface area contributed by atoms with Gasteiger partial charge in [-0.1, -0.05) is 17.7 Å². The lowest BCUT2D eigenvalue weighted by Crippen LogP contribution is -2.53. The normalized spacial score (nSPS) is 16.1. The molecular weight excluding hydrogens is 342 g/mol. The van der Waals surface area contributed by atoms with Crippen LogP contribution in [0, 0.1) is 0 Å². The molecule has 7 nitrogen and oxygen atoms in total. The molecule has 0 aromatic carbocycles. The number of carbonyl (C=O) groups excluding carboxylic acids is 1. The fourth-order valence-electron chi connectivity index (χ4n) is 2.40. The Morgan fingerprint density at radius 1 is 1.28 bits per heavy atom. The molecule has 0 atom stereocenters. The van der Waals surface area contributed by atoms with Crippen LogP contribution >= 0.6 is 11.6 Å². The smallest absolute Gasteiger partial charge is 0.410 e. The molecule has 8 heteroatoms. The van der Waals surface area contributed by atoms with Crippen molar-refractivity contribution in [2.45, 2.75) is 32.8 Å². The first-order valence-electron chi connectivity index (χ1n) is 8.38. The van der Waals surface area contributed by atoms with E-state index >= 15 is 0 Å². The summed E-state index contributed by atoms with van der Waals surface area (Å²) in [5, 5.41) is 0.481. The quantitative estimate of drug-likeness (QED) is 0.502. The first-order chi connectivity index (χ1) is 11.7. The summed E-state index contributed by atoms with van der Waals surface area (Å²) in [6.45, 7) is 8.63. The van der Waals surface area contributed by atoms with E-state index in [9.17, 15) is 4.79 Å². The van der Waals surface area contributed by atoms with Gasteiger partial charge in [0, 0.05) is 38.9 Å². The summed E-state index contributed by atoms with van der Waals surface area (Å²) in [7, 11) is 0. The lowest BCUT2D eigenvalue weighted by Gasteiger charge is -2.36. The van der Waals surface area contributed by atoms with Crippen molar-refractivity contribution in [2.75, 3.05) is 32.7 Å². The summed E-state index contributed by atoms with van der Waals surface area (Å²) in [5.74, 6) is 0.505. The van der Waals surface area contributed by atoms with E-state index in [1.165, 1.54) is 0 Å². The van der Waals surface area contributed by atoms with E-state index in [2.05, 4.69) is 9.98 Å². The molecule has 2 heterocycles. The second-order valence-corrected chi connectivity index (χ2v) is 7.32. The topological polar surface area (TPSA) is 84.0 Å². The largest absolute Gasteiger partial charge is 0.444 e.